The molecule has 0 bridgehead atoms. The van der Waals surface area contributed by atoms with Crippen LogP contribution in [-0.4, -0.2) is 66.4 Å². The molecule has 2 aromatic rings. The van der Waals surface area contributed by atoms with E-state index < -0.39 is 0 Å². The first-order valence-electron chi connectivity index (χ1n) is 9.79. The number of rotatable bonds is 5. The Kier molecular flexibility index (Phi) is 5.31. The lowest BCUT2D eigenvalue weighted by atomic mass is 9.73. The number of pyridine rings is 1. The van der Waals surface area contributed by atoms with Gasteiger partial charge in [-0.2, -0.15) is 0 Å². The fourth-order valence-corrected chi connectivity index (χ4v) is 4.36. The van der Waals surface area contributed by atoms with E-state index in [4.69, 9.17) is 0 Å². The third-order valence-electron chi connectivity index (χ3n) is 5.80. The first kappa shape index (κ1) is 18.5. The van der Waals surface area contributed by atoms with Crippen molar-refractivity contribution in [2.75, 3.05) is 19.6 Å². The Labute approximate surface area is 163 Å². The molecular formula is C19H25N7O2. The van der Waals surface area contributed by atoms with Gasteiger partial charge in [0.15, 0.2) is 0 Å². The maximum atomic E-state index is 12.7. The Bertz CT molecular complexity index is 811. The SMILES string of the molecule is O=C(CCn1cnnn1)N1CCCC2(CCC(=O)N(Cc3cccnc3)C2)C1. The molecule has 4 heterocycles. The highest BCUT2D eigenvalue weighted by molar-refractivity contribution is 5.78. The van der Waals surface area contributed by atoms with Crippen LogP contribution in [0.5, 0.6) is 0 Å². The van der Waals surface area contributed by atoms with Crippen LogP contribution in [0.1, 0.15) is 37.7 Å². The van der Waals surface area contributed by atoms with Crippen molar-refractivity contribution in [1.82, 2.24) is 35.0 Å². The van der Waals surface area contributed by atoms with E-state index in [1.165, 1.54) is 6.33 Å². The van der Waals surface area contributed by atoms with Crippen LogP contribution >= 0.6 is 0 Å². The average Bonchev–Trinajstić information content (AvgIpc) is 3.24. The fraction of sp³-hybridized carbons (Fsp3) is 0.579. The zero-order valence-electron chi connectivity index (χ0n) is 15.9. The van der Waals surface area contributed by atoms with Crippen LogP contribution in [0.25, 0.3) is 0 Å². The number of likely N-dealkylation sites (tertiary alicyclic amines) is 2. The van der Waals surface area contributed by atoms with Gasteiger partial charge in [0, 0.05) is 56.8 Å². The fourth-order valence-electron chi connectivity index (χ4n) is 4.36. The summed E-state index contributed by atoms with van der Waals surface area (Å²) < 4.78 is 1.58. The maximum Gasteiger partial charge on any atom is 0.224 e. The van der Waals surface area contributed by atoms with Crippen molar-refractivity contribution in [3.05, 3.63) is 36.4 Å². The van der Waals surface area contributed by atoms with E-state index in [1.807, 2.05) is 28.1 Å². The normalized spacial score (nSPS) is 22.6. The van der Waals surface area contributed by atoms with E-state index in [0.717, 1.165) is 37.9 Å². The Morgan fingerprint density at radius 3 is 2.96 bits per heavy atom. The van der Waals surface area contributed by atoms with Gasteiger partial charge < -0.3 is 9.80 Å². The number of tetrazole rings is 1. The van der Waals surface area contributed by atoms with E-state index in [2.05, 4.69) is 20.5 Å². The van der Waals surface area contributed by atoms with Gasteiger partial charge in [0.25, 0.3) is 0 Å². The molecule has 28 heavy (non-hydrogen) atoms. The summed E-state index contributed by atoms with van der Waals surface area (Å²) in [6.07, 6.45) is 8.89. The molecule has 2 fully saturated rings. The van der Waals surface area contributed by atoms with Crippen molar-refractivity contribution in [1.29, 1.82) is 0 Å². The number of carbonyl (C=O) groups is 2. The molecule has 0 aromatic carbocycles. The minimum atomic E-state index is -0.00115. The van der Waals surface area contributed by atoms with Crippen LogP contribution in [0.15, 0.2) is 30.9 Å². The predicted molar refractivity (Wildman–Crippen MR) is 99.6 cm³/mol. The second-order valence-electron chi connectivity index (χ2n) is 7.85. The van der Waals surface area contributed by atoms with Gasteiger partial charge in [-0.1, -0.05) is 6.07 Å². The first-order valence-corrected chi connectivity index (χ1v) is 9.79. The highest BCUT2D eigenvalue weighted by atomic mass is 16.2. The third kappa shape index (κ3) is 4.18. The van der Waals surface area contributed by atoms with E-state index >= 15 is 0 Å². The van der Waals surface area contributed by atoms with E-state index in [-0.39, 0.29) is 17.2 Å². The van der Waals surface area contributed by atoms with Crippen molar-refractivity contribution >= 4 is 11.8 Å². The summed E-state index contributed by atoms with van der Waals surface area (Å²) in [5.41, 5.74) is 1.04. The molecule has 9 heteroatoms. The van der Waals surface area contributed by atoms with Crippen LogP contribution in [0.3, 0.4) is 0 Å². The predicted octanol–water partition coefficient (Wildman–Crippen LogP) is 0.890. The molecule has 2 amide bonds. The molecule has 0 saturated carbocycles. The van der Waals surface area contributed by atoms with Crippen molar-refractivity contribution in [2.24, 2.45) is 5.41 Å². The second kappa shape index (κ2) is 8.04. The van der Waals surface area contributed by atoms with Crippen molar-refractivity contribution in [2.45, 2.75) is 45.2 Å². The molecule has 148 valence electrons. The zero-order valence-corrected chi connectivity index (χ0v) is 15.9. The van der Waals surface area contributed by atoms with Gasteiger partial charge in [-0.15, -0.1) is 5.10 Å². The number of piperidine rings is 2. The molecule has 9 nitrogen and oxygen atoms in total. The topological polar surface area (TPSA) is 97.1 Å². The lowest BCUT2D eigenvalue weighted by molar-refractivity contribution is -0.143. The van der Waals surface area contributed by atoms with Gasteiger partial charge in [-0.25, -0.2) is 4.68 Å². The molecule has 0 aliphatic carbocycles. The van der Waals surface area contributed by atoms with Gasteiger partial charge in [0.05, 0.1) is 6.54 Å². The highest BCUT2D eigenvalue weighted by Gasteiger charge is 2.42. The minimum Gasteiger partial charge on any atom is -0.342 e. The van der Waals surface area contributed by atoms with Crippen LogP contribution in [0.2, 0.25) is 0 Å². The summed E-state index contributed by atoms with van der Waals surface area (Å²) in [5, 5.41) is 11.0. The standard InChI is InChI=1S/C19H25N7O2/c27-17-4-7-19(14-25(17)12-16-3-1-8-20-11-16)6-2-9-24(13-19)18(28)5-10-26-15-21-22-23-26/h1,3,8,11,15H,2,4-7,9-10,12-14H2. The minimum absolute atomic E-state index is 0.00115. The lowest BCUT2D eigenvalue weighted by Crippen LogP contribution is -2.54. The largest absolute Gasteiger partial charge is 0.342 e. The van der Waals surface area contributed by atoms with E-state index in [9.17, 15) is 9.59 Å². The average molecular weight is 383 g/mol. The molecular weight excluding hydrogens is 358 g/mol. The van der Waals surface area contributed by atoms with Crippen molar-refractivity contribution < 1.29 is 9.59 Å². The van der Waals surface area contributed by atoms with Crippen LogP contribution < -0.4 is 0 Å². The molecule has 1 spiro atoms. The number of amides is 2. The number of aryl methyl sites for hydroxylation is 1. The molecule has 2 aliphatic rings. The number of hydrogen-bond acceptors (Lipinski definition) is 6. The van der Waals surface area contributed by atoms with Crippen molar-refractivity contribution in [3.63, 3.8) is 0 Å². The third-order valence-corrected chi connectivity index (χ3v) is 5.80. The second-order valence-corrected chi connectivity index (χ2v) is 7.85. The molecule has 0 radical (unpaired) electrons. The van der Waals surface area contributed by atoms with Gasteiger partial charge in [-0.05, 0) is 41.3 Å². The molecule has 2 aromatic heterocycles. The summed E-state index contributed by atoms with van der Waals surface area (Å²) in [7, 11) is 0. The van der Waals surface area contributed by atoms with E-state index in [1.54, 1.807) is 10.9 Å². The van der Waals surface area contributed by atoms with Gasteiger partial charge >= 0.3 is 0 Å². The quantitative estimate of drug-likeness (QED) is 0.761. The molecule has 0 N–H and O–H groups in total. The van der Waals surface area contributed by atoms with Gasteiger partial charge in [0.1, 0.15) is 6.33 Å². The Morgan fingerprint density at radius 1 is 1.25 bits per heavy atom. The Balaban J connectivity index is 1.39. The van der Waals surface area contributed by atoms with Crippen LogP contribution in [-0.2, 0) is 22.7 Å². The smallest absolute Gasteiger partial charge is 0.224 e. The number of nitrogens with zero attached hydrogens (tertiary/aromatic N) is 7. The summed E-state index contributed by atoms with van der Waals surface area (Å²) in [5.74, 6) is 0.321. The molecule has 2 aliphatic heterocycles. The molecule has 1 atom stereocenters. The first-order chi connectivity index (χ1) is 13.6. The summed E-state index contributed by atoms with van der Waals surface area (Å²) in [4.78, 5) is 33.2. The lowest BCUT2D eigenvalue weighted by Gasteiger charge is -2.48. The maximum absolute atomic E-state index is 12.7. The van der Waals surface area contributed by atoms with Gasteiger partial charge in [-0.3, -0.25) is 14.6 Å². The summed E-state index contributed by atoms with van der Waals surface area (Å²) in [6.45, 7) is 3.28. The molecule has 4 rings (SSSR count). The van der Waals surface area contributed by atoms with Crippen molar-refractivity contribution in [3.8, 4) is 0 Å². The van der Waals surface area contributed by atoms with E-state index in [0.29, 0.717) is 32.5 Å². The molecule has 2 saturated heterocycles. The highest BCUT2D eigenvalue weighted by Crippen LogP contribution is 2.39. The zero-order chi connectivity index (χ0) is 19.4. The number of hydrogen-bond donors (Lipinski definition) is 0. The molecule has 1 unspecified atom stereocenters. The Hall–Kier alpha value is -2.84. The monoisotopic (exact) mass is 383 g/mol. The number of aromatic nitrogens is 5. The number of carbonyl (C=O) groups excluding carboxylic acids is 2. The summed E-state index contributed by atoms with van der Waals surface area (Å²) in [6, 6.07) is 3.89. The van der Waals surface area contributed by atoms with Crippen LogP contribution in [0, 0.1) is 5.41 Å². The summed E-state index contributed by atoms with van der Waals surface area (Å²) >= 11 is 0. The van der Waals surface area contributed by atoms with Gasteiger partial charge in [0.2, 0.25) is 11.8 Å². The Morgan fingerprint density at radius 2 is 2.18 bits per heavy atom. The van der Waals surface area contributed by atoms with Crippen LogP contribution in [0.4, 0.5) is 0 Å².